The third-order valence-electron chi connectivity index (χ3n) is 3.79. The zero-order valence-electron chi connectivity index (χ0n) is 14.0. The molecule has 4 heteroatoms. The minimum Gasteiger partial charge on any atom is -0.348 e. The minimum atomic E-state index is -0.603. The van der Waals surface area contributed by atoms with E-state index in [-0.39, 0.29) is 0 Å². The Labute approximate surface area is 133 Å². The Morgan fingerprint density at radius 3 is 2.27 bits per heavy atom. The molecule has 0 bridgehead atoms. The van der Waals surface area contributed by atoms with E-state index in [9.17, 15) is 9.59 Å². The van der Waals surface area contributed by atoms with Gasteiger partial charge >= 0.3 is 11.8 Å². The first-order valence-corrected chi connectivity index (χ1v) is 8.21. The maximum absolute atomic E-state index is 11.8. The Bertz CT molecular complexity index is 498. The van der Waals surface area contributed by atoms with E-state index in [0.717, 1.165) is 24.0 Å². The van der Waals surface area contributed by atoms with Crippen LogP contribution in [0.25, 0.3) is 0 Å². The van der Waals surface area contributed by atoms with Gasteiger partial charge in [0.1, 0.15) is 0 Å². The Hall–Kier alpha value is -1.84. The summed E-state index contributed by atoms with van der Waals surface area (Å²) in [6.45, 7) is 6.73. The summed E-state index contributed by atoms with van der Waals surface area (Å²) in [4.78, 5) is 23.5. The second kappa shape index (κ2) is 9.98. The fourth-order valence-electron chi connectivity index (χ4n) is 2.19. The minimum absolute atomic E-state index is 0.561. The van der Waals surface area contributed by atoms with Crippen LogP contribution >= 0.6 is 0 Å². The normalized spacial score (nSPS) is 10.3. The number of hydrogen-bond donors (Lipinski definition) is 2. The summed E-state index contributed by atoms with van der Waals surface area (Å²) in [5.74, 6) is -1.17. The maximum Gasteiger partial charge on any atom is 0.313 e. The van der Waals surface area contributed by atoms with E-state index in [1.54, 1.807) is 6.07 Å². The van der Waals surface area contributed by atoms with E-state index in [1.165, 1.54) is 25.7 Å². The van der Waals surface area contributed by atoms with Crippen LogP contribution in [0.1, 0.15) is 56.6 Å². The highest BCUT2D eigenvalue weighted by Gasteiger charge is 2.13. The first kappa shape index (κ1) is 18.2. The van der Waals surface area contributed by atoms with Crippen molar-refractivity contribution in [2.75, 3.05) is 11.9 Å². The van der Waals surface area contributed by atoms with Crippen molar-refractivity contribution in [3.63, 3.8) is 0 Å². The number of aryl methyl sites for hydroxylation is 2. The van der Waals surface area contributed by atoms with Crippen molar-refractivity contribution < 1.29 is 9.59 Å². The molecule has 1 aromatic rings. The van der Waals surface area contributed by atoms with Crippen LogP contribution in [0.2, 0.25) is 0 Å². The highest BCUT2D eigenvalue weighted by molar-refractivity contribution is 6.39. The van der Waals surface area contributed by atoms with Crippen molar-refractivity contribution in [1.29, 1.82) is 0 Å². The molecule has 122 valence electrons. The monoisotopic (exact) mass is 304 g/mol. The van der Waals surface area contributed by atoms with Gasteiger partial charge in [-0.3, -0.25) is 9.59 Å². The van der Waals surface area contributed by atoms with Crippen molar-refractivity contribution in [3.05, 3.63) is 29.3 Å². The van der Waals surface area contributed by atoms with Crippen LogP contribution < -0.4 is 10.6 Å². The Morgan fingerprint density at radius 2 is 1.59 bits per heavy atom. The van der Waals surface area contributed by atoms with E-state index in [0.29, 0.717) is 12.2 Å². The molecule has 0 fully saturated rings. The van der Waals surface area contributed by atoms with Gasteiger partial charge in [-0.15, -0.1) is 0 Å². The lowest BCUT2D eigenvalue weighted by Gasteiger charge is -2.08. The average molecular weight is 304 g/mol. The largest absolute Gasteiger partial charge is 0.348 e. The van der Waals surface area contributed by atoms with Gasteiger partial charge in [-0.25, -0.2) is 0 Å². The molecule has 0 atom stereocenters. The first-order chi connectivity index (χ1) is 10.5. The third kappa shape index (κ3) is 6.74. The standard InChI is InChI=1S/C18H28N2O2/c1-4-5-6-7-8-9-12-19-17(21)18(22)20-16-11-10-14(2)15(3)13-16/h10-11,13H,4-9,12H2,1-3H3,(H,19,21)(H,20,22). The number of hydrogen-bond acceptors (Lipinski definition) is 2. The lowest BCUT2D eigenvalue weighted by molar-refractivity contribution is -0.136. The van der Waals surface area contributed by atoms with Crippen LogP contribution in [-0.2, 0) is 9.59 Å². The first-order valence-electron chi connectivity index (χ1n) is 8.21. The van der Waals surface area contributed by atoms with Crippen LogP contribution in [0.4, 0.5) is 5.69 Å². The molecule has 2 N–H and O–H groups in total. The van der Waals surface area contributed by atoms with Crippen LogP contribution in [0.15, 0.2) is 18.2 Å². The highest BCUT2D eigenvalue weighted by Crippen LogP contribution is 2.13. The Balaban J connectivity index is 2.24. The van der Waals surface area contributed by atoms with Gasteiger partial charge in [-0.05, 0) is 43.5 Å². The SMILES string of the molecule is CCCCCCCCNC(=O)C(=O)Nc1ccc(C)c(C)c1. The summed E-state index contributed by atoms with van der Waals surface area (Å²) in [7, 11) is 0. The molecule has 0 aliphatic carbocycles. The molecule has 0 aromatic heterocycles. The number of benzene rings is 1. The number of unbranched alkanes of at least 4 members (excludes halogenated alkanes) is 5. The van der Waals surface area contributed by atoms with Crippen molar-refractivity contribution in [2.45, 2.75) is 59.3 Å². The molecule has 0 radical (unpaired) electrons. The molecule has 4 nitrogen and oxygen atoms in total. The zero-order chi connectivity index (χ0) is 16.4. The molecule has 0 spiro atoms. The van der Waals surface area contributed by atoms with Gasteiger partial charge < -0.3 is 10.6 Å². The molecule has 0 aliphatic heterocycles. The van der Waals surface area contributed by atoms with E-state index in [1.807, 2.05) is 26.0 Å². The molecule has 0 saturated carbocycles. The maximum atomic E-state index is 11.8. The number of rotatable bonds is 8. The van der Waals surface area contributed by atoms with E-state index in [4.69, 9.17) is 0 Å². The fourth-order valence-corrected chi connectivity index (χ4v) is 2.19. The summed E-state index contributed by atoms with van der Waals surface area (Å²) >= 11 is 0. The topological polar surface area (TPSA) is 58.2 Å². The molecular weight excluding hydrogens is 276 g/mol. The quantitative estimate of drug-likeness (QED) is 0.568. The van der Waals surface area contributed by atoms with E-state index < -0.39 is 11.8 Å². The highest BCUT2D eigenvalue weighted by atomic mass is 16.2. The molecule has 1 aromatic carbocycles. The van der Waals surface area contributed by atoms with Gasteiger partial charge in [-0.1, -0.05) is 45.1 Å². The molecule has 0 aliphatic rings. The molecule has 0 unspecified atom stereocenters. The van der Waals surface area contributed by atoms with E-state index in [2.05, 4.69) is 17.6 Å². The predicted octanol–water partition coefficient (Wildman–Crippen LogP) is 3.72. The van der Waals surface area contributed by atoms with Gasteiger partial charge in [0.25, 0.3) is 0 Å². The Kier molecular flexibility index (Phi) is 8.26. The van der Waals surface area contributed by atoms with Crippen LogP contribution in [0, 0.1) is 13.8 Å². The van der Waals surface area contributed by atoms with Crippen molar-refractivity contribution in [3.8, 4) is 0 Å². The molecule has 0 saturated heterocycles. The van der Waals surface area contributed by atoms with Crippen LogP contribution in [-0.4, -0.2) is 18.4 Å². The van der Waals surface area contributed by atoms with Gasteiger partial charge in [0.15, 0.2) is 0 Å². The second-order valence-electron chi connectivity index (χ2n) is 5.78. The molecular formula is C18H28N2O2. The lowest BCUT2D eigenvalue weighted by Crippen LogP contribution is -2.35. The van der Waals surface area contributed by atoms with Crippen molar-refractivity contribution in [2.24, 2.45) is 0 Å². The predicted molar refractivity (Wildman–Crippen MR) is 90.9 cm³/mol. The average Bonchev–Trinajstić information content (AvgIpc) is 2.49. The third-order valence-corrected chi connectivity index (χ3v) is 3.79. The summed E-state index contributed by atoms with van der Waals surface area (Å²) in [6, 6.07) is 5.61. The van der Waals surface area contributed by atoms with Gasteiger partial charge in [0, 0.05) is 12.2 Å². The van der Waals surface area contributed by atoms with Gasteiger partial charge in [0.05, 0.1) is 0 Å². The molecule has 2 amide bonds. The molecule has 0 heterocycles. The number of nitrogens with one attached hydrogen (secondary N) is 2. The summed E-state index contributed by atoms with van der Waals surface area (Å²) in [6.07, 6.45) is 6.96. The smallest absolute Gasteiger partial charge is 0.313 e. The number of amides is 2. The van der Waals surface area contributed by atoms with Gasteiger partial charge in [0.2, 0.25) is 0 Å². The fraction of sp³-hybridized carbons (Fsp3) is 0.556. The second-order valence-corrected chi connectivity index (χ2v) is 5.78. The van der Waals surface area contributed by atoms with Crippen LogP contribution in [0.5, 0.6) is 0 Å². The van der Waals surface area contributed by atoms with Crippen molar-refractivity contribution >= 4 is 17.5 Å². The summed E-state index contributed by atoms with van der Waals surface area (Å²) in [5, 5.41) is 5.30. The summed E-state index contributed by atoms with van der Waals surface area (Å²) < 4.78 is 0. The van der Waals surface area contributed by atoms with Gasteiger partial charge in [-0.2, -0.15) is 0 Å². The Morgan fingerprint density at radius 1 is 0.909 bits per heavy atom. The zero-order valence-corrected chi connectivity index (χ0v) is 14.0. The lowest BCUT2D eigenvalue weighted by atomic mass is 10.1. The molecule has 1 rings (SSSR count). The number of carbonyl (C=O) groups is 2. The number of anilines is 1. The summed E-state index contributed by atoms with van der Waals surface area (Å²) in [5.41, 5.74) is 2.90. The van der Waals surface area contributed by atoms with Crippen molar-refractivity contribution in [1.82, 2.24) is 5.32 Å². The number of carbonyl (C=O) groups excluding carboxylic acids is 2. The molecule has 22 heavy (non-hydrogen) atoms. The van der Waals surface area contributed by atoms with Crippen LogP contribution in [0.3, 0.4) is 0 Å². The van der Waals surface area contributed by atoms with E-state index >= 15 is 0 Å².